The minimum atomic E-state index is -0.869. The van der Waals surface area contributed by atoms with E-state index in [2.05, 4.69) is 29.2 Å². The van der Waals surface area contributed by atoms with Crippen molar-refractivity contribution in [3.63, 3.8) is 0 Å². The van der Waals surface area contributed by atoms with E-state index in [1.165, 1.54) is 16.9 Å². The number of benzene rings is 3. The van der Waals surface area contributed by atoms with Gasteiger partial charge in [-0.3, -0.25) is 4.79 Å². The first kappa shape index (κ1) is 18.9. The number of rotatable bonds is 7. The molecule has 0 unspecified atom stereocenters. The van der Waals surface area contributed by atoms with Crippen LogP contribution in [0.2, 0.25) is 0 Å². The van der Waals surface area contributed by atoms with Crippen molar-refractivity contribution in [3.05, 3.63) is 95.5 Å². The average Bonchev–Trinajstić information content (AvgIpc) is 3.21. The Hall–Kier alpha value is -3.44. The van der Waals surface area contributed by atoms with Crippen molar-refractivity contribution >= 4 is 17.3 Å². The van der Waals surface area contributed by atoms with Crippen molar-refractivity contribution in [2.75, 3.05) is 0 Å². The van der Waals surface area contributed by atoms with Crippen LogP contribution in [0.4, 0.5) is 0 Å². The Morgan fingerprint density at radius 2 is 1.52 bits per heavy atom. The van der Waals surface area contributed by atoms with E-state index < -0.39 is 5.97 Å². The first-order valence-corrected chi connectivity index (χ1v) is 10.1. The summed E-state index contributed by atoms with van der Waals surface area (Å²) in [5, 5.41) is 11.5. The second kappa shape index (κ2) is 8.71. The van der Waals surface area contributed by atoms with Crippen molar-refractivity contribution in [1.29, 1.82) is 0 Å². The topological polar surface area (TPSA) is 59.4 Å². The summed E-state index contributed by atoms with van der Waals surface area (Å²) >= 11 is 1.45. The molecule has 0 amide bonds. The smallest absolute Gasteiger partial charge is 0.309 e. The van der Waals surface area contributed by atoms with Crippen molar-refractivity contribution < 1.29 is 14.6 Å². The van der Waals surface area contributed by atoms with Gasteiger partial charge in [0.05, 0.1) is 12.1 Å². The summed E-state index contributed by atoms with van der Waals surface area (Å²) in [6, 6.07) is 26.3. The molecule has 0 aliphatic heterocycles. The molecule has 0 atom stereocenters. The van der Waals surface area contributed by atoms with Crippen LogP contribution in [-0.4, -0.2) is 16.1 Å². The van der Waals surface area contributed by atoms with E-state index >= 15 is 0 Å². The molecule has 0 saturated carbocycles. The number of aliphatic carboxylic acids is 1. The minimum absolute atomic E-state index is 0.0501. The second-order valence-corrected chi connectivity index (χ2v) is 7.45. The van der Waals surface area contributed by atoms with Gasteiger partial charge < -0.3 is 9.84 Å². The predicted molar refractivity (Wildman–Crippen MR) is 115 cm³/mol. The van der Waals surface area contributed by atoms with E-state index in [1.54, 1.807) is 5.38 Å². The summed E-state index contributed by atoms with van der Waals surface area (Å²) in [5.74, 6) is -0.0434. The van der Waals surface area contributed by atoms with Crippen LogP contribution >= 0.6 is 11.3 Å². The molecule has 144 valence electrons. The molecule has 1 N–H and O–H groups in total. The zero-order chi connectivity index (χ0) is 20.1. The number of ether oxygens (including phenoxy) is 1. The monoisotopic (exact) mass is 401 g/mol. The maximum atomic E-state index is 10.8. The summed E-state index contributed by atoms with van der Waals surface area (Å²) < 4.78 is 5.90. The van der Waals surface area contributed by atoms with Crippen LogP contribution in [0.25, 0.3) is 21.7 Å². The summed E-state index contributed by atoms with van der Waals surface area (Å²) in [6.45, 7) is 0.479. The van der Waals surface area contributed by atoms with Gasteiger partial charge in [0.25, 0.3) is 0 Å². The number of aromatic nitrogens is 1. The van der Waals surface area contributed by atoms with Gasteiger partial charge in [-0.1, -0.05) is 66.7 Å². The summed E-state index contributed by atoms with van der Waals surface area (Å²) in [4.78, 5) is 15.2. The van der Waals surface area contributed by atoms with E-state index in [0.717, 1.165) is 27.4 Å². The predicted octanol–water partition coefficient (Wildman–Crippen LogP) is 5.68. The first-order chi connectivity index (χ1) is 14.2. The van der Waals surface area contributed by atoms with Crippen LogP contribution in [0.15, 0.2) is 84.2 Å². The fraction of sp³-hybridized carbons (Fsp3) is 0.0833. The highest BCUT2D eigenvalue weighted by atomic mass is 32.1. The van der Waals surface area contributed by atoms with Gasteiger partial charge in [-0.2, -0.15) is 0 Å². The van der Waals surface area contributed by atoms with E-state index in [-0.39, 0.29) is 6.42 Å². The SMILES string of the molecule is O=C(O)Cc1csc(-c2ccc(COc3ccc(-c4ccccc4)cc3)cc2)n1. The largest absolute Gasteiger partial charge is 0.489 e. The third-order valence-electron chi connectivity index (χ3n) is 4.45. The van der Waals surface area contributed by atoms with Crippen LogP contribution in [-0.2, 0) is 17.8 Å². The lowest BCUT2D eigenvalue weighted by molar-refractivity contribution is -0.136. The van der Waals surface area contributed by atoms with Gasteiger partial charge in [-0.15, -0.1) is 11.3 Å². The van der Waals surface area contributed by atoms with E-state index in [4.69, 9.17) is 9.84 Å². The van der Waals surface area contributed by atoms with Crippen LogP contribution in [0, 0.1) is 0 Å². The zero-order valence-corrected chi connectivity index (χ0v) is 16.4. The van der Waals surface area contributed by atoms with Gasteiger partial charge in [0.1, 0.15) is 17.4 Å². The van der Waals surface area contributed by atoms with Crippen molar-refractivity contribution in [1.82, 2.24) is 4.98 Å². The molecule has 4 nitrogen and oxygen atoms in total. The molecular formula is C24H19NO3S. The standard InChI is InChI=1S/C24H19NO3S/c26-23(27)14-21-16-29-24(25-21)20-8-6-17(7-9-20)15-28-22-12-10-19(11-13-22)18-4-2-1-3-5-18/h1-13,16H,14-15H2,(H,26,27). The quantitative estimate of drug-likeness (QED) is 0.433. The molecule has 0 bridgehead atoms. The first-order valence-electron chi connectivity index (χ1n) is 9.21. The van der Waals surface area contributed by atoms with E-state index in [9.17, 15) is 4.79 Å². The number of hydrogen-bond donors (Lipinski definition) is 1. The van der Waals surface area contributed by atoms with E-state index in [0.29, 0.717) is 12.3 Å². The van der Waals surface area contributed by atoms with Gasteiger partial charge >= 0.3 is 5.97 Å². The molecule has 3 aromatic carbocycles. The molecular weight excluding hydrogens is 382 g/mol. The van der Waals surface area contributed by atoms with Crippen LogP contribution in [0.5, 0.6) is 5.75 Å². The fourth-order valence-electron chi connectivity index (χ4n) is 2.96. The molecule has 5 heteroatoms. The summed E-state index contributed by atoms with van der Waals surface area (Å²) in [5.41, 5.74) is 4.96. The minimum Gasteiger partial charge on any atom is -0.489 e. The van der Waals surface area contributed by atoms with Crippen molar-refractivity contribution in [2.45, 2.75) is 13.0 Å². The summed E-state index contributed by atoms with van der Waals surface area (Å²) in [7, 11) is 0. The molecule has 0 aliphatic carbocycles. The molecule has 0 radical (unpaired) electrons. The van der Waals surface area contributed by atoms with Crippen molar-refractivity contribution in [3.8, 4) is 27.4 Å². The van der Waals surface area contributed by atoms with E-state index in [1.807, 2.05) is 54.6 Å². The zero-order valence-electron chi connectivity index (χ0n) is 15.6. The Labute approximate surface area is 173 Å². The average molecular weight is 401 g/mol. The molecule has 4 rings (SSSR count). The molecule has 0 fully saturated rings. The second-order valence-electron chi connectivity index (χ2n) is 6.59. The van der Waals surface area contributed by atoms with Crippen LogP contribution in [0.1, 0.15) is 11.3 Å². The Balaban J connectivity index is 1.37. The Bertz CT molecular complexity index is 1090. The highest BCUT2D eigenvalue weighted by molar-refractivity contribution is 7.13. The molecule has 4 aromatic rings. The highest BCUT2D eigenvalue weighted by Crippen LogP contribution is 2.25. The Kier molecular flexibility index (Phi) is 5.68. The molecule has 29 heavy (non-hydrogen) atoms. The maximum Gasteiger partial charge on any atom is 0.309 e. The lowest BCUT2D eigenvalue weighted by Crippen LogP contribution is -1.99. The molecule has 0 spiro atoms. The van der Waals surface area contributed by atoms with Crippen molar-refractivity contribution in [2.24, 2.45) is 0 Å². The third-order valence-corrected chi connectivity index (χ3v) is 5.39. The van der Waals surface area contributed by atoms with Gasteiger partial charge in [-0.05, 0) is 28.8 Å². The number of hydrogen-bond acceptors (Lipinski definition) is 4. The Morgan fingerprint density at radius 3 is 2.21 bits per heavy atom. The summed E-state index contributed by atoms with van der Waals surface area (Å²) in [6.07, 6.45) is -0.0501. The highest BCUT2D eigenvalue weighted by Gasteiger charge is 2.08. The number of thiazole rings is 1. The van der Waals surface area contributed by atoms with Gasteiger partial charge in [0.2, 0.25) is 0 Å². The Morgan fingerprint density at radius 1 is 0.862 bits per heavy atom. The number of carboxylic acids is 1. The van der Waals surface area contributed by atoms with Crippen LogP contribution < -0.4 is 4.74 Å². The number of nitrogens with zero attached hydrogens (tertiary/aromatic N) is 1. The molecule has 1 heterocycles. The van der Waals surface area contributed by atoms with Gasteiger partial charge in [0, 0.05) is 10.9 Å². The maximum absolute atomic E-state index is 10.8. The molecule has 1 aromatic heterocycles. The lowest BCUT2D eigenvalue weighted by atomic mass is 10.1. The lowest BCUT2D eigenvalue weighted by Gasteiger charge is -2.08. The third kappa shape index (κ3) is 4.89. The van der Waals surface area contributed by atoms with Gasteiger partial charge in [-0.25, -0.2) is 4.98 Å². The number of carboxylic acid groups (broad SMARTS) is 1. The molecule has 0 aliphatic rings. The number of carbonyl (C=O) groups is 1. The molecule has 0 saturated heterocycles. The van der Waals surface area contributed by atoms with Gasteiger partial charge in [0.15, 0.2) is 0 Å². The van der Waals surface area contributed by atoms with Crippen LogP contribution in [0.3, 0.4) is 0 Å². The fourth-order valence-corrected chi connectivity index (χ4v) is 3.79. The normalized spacial score (nSPS) is 10.6.